The first-order valence-electron chi connectivity index (χ1n) is 10.5. The molecule has 32 heavy (non-hydrogen) atoms. The van der Waals surface area contributed by atoms with Crippen LogP contribution in [0.1, 0.15) is 18.4 Å². The summed E-state index contributed by atoms with van der Waals surface area (Å²) in [5, 5.41) is 7.68. The Morgan fingerprint density at radius 3 is 2.56 bits per heavy atom. The second-order valence-corrected chi connectivity index (χ2v) is 8.32. The number of benzene rings is 2. The molecule has 4 rings (SSSR count). The minimum Gasteiger partial charge on any atom is -0.378 e. The summed E-state index contributed by atoms with van der Waals surface area (Å²) >= 11 is 11.9. The van der Waals surface area contributed by atoms with Crippen molar-refractivity contribution < 1.29 is 9.53 Å². The van der Waals surface area contributed by atoms with Crippen LogP contribution >= 0.6 is 23.2 Å². The number of morpholine rings is 1. The summed E-state index contributed by atoms with van der Waals surface area (Å²) in [6.45, 7) is 3.09. The summed E-state index contributed by atoms with van der Waals surface area (Å²) in [7, 11) is 0. The lowest BCUT2D eigenvalue weighted by molar-refractivity contribution is 0.0548. The van der Waals surface area contributed by atoms with Gasteiger partial charge in [0.1, 0.15) is 0 Å². The molecule has 0 bridgehead atoms. The first-order valence-corrected chi connectivity index (χ1v) is 11.2. The van der Waals surface area contributed by atoms with Gasteiger partial charge < -0.3 is 15.0 Å². The van der Waals surface area contributed by atoms with E-state index in [1.165, 1.54) is 16.8 Å². The Bertz CT molecular complexity index is 1060. The Labute approximate surface area is 197 Å². The molecule has 1 heterocycles. The van der Waals surface area contributed by atoms with Gasteiger partial charge in [-0.25, -0.2) is 10.2 Å². The highest BCUT2D eigenvalue weighted by atomic mass is 35.5. The number of ether oxygens (including phenoxy) is 1. The van der Waals surface area contributed by atoms with E-state index < -0.39 is 6.03 Å². The Morgan fingerprint density at radius 2 is 1.81 bits per heavy atom. The molecule has 2 amide bonds. The smallest absolute Gasteiger partial charge is 0.339 e. The molecule has 2 aromatic rings. The monoisotopic (exact) mass is 470 g/mol. The second kappa shape index (κ2) is 10.7. The molecule has 1 fully saturated rings. The maximum atomic E-state index is 12.2. The van der Waals surface area contributed by atoms with Crippen LogP contribution in [-0.4, -0.2) is 43.4 Å². The van der Waals surface area contributed by atoms with Crippen LogP contribution in [0.25, 0.3) is 6.08 Å². The van der Waals surface area contributed by atoms with Gasteiger partial charge in [-0.2, -0.15) is 5.10 Å². The Kier molecular flexibility index (Phi) is 7.47. The number of rotatable bonds is 5. The number of nitrogens with zero attached hydrogens (tertiary/aromatic N) is 2. The first kappa shape index (κ1) is 22.4. The van der Waals surface area contributed by atoms with Gasteiger partial charge in [0.15, 0.2) is 0 Å². The summed E-state index contributed by atoms with van der Waals surface area (Å²) in [6.07, 6.45) is 5.77. The maximum Gasteiger partial charge on any atom is 0.339 e. The molecule has 1 aliphatic carbocycles. The summed E-state index contributed by atoms with van der Waals surface area (Å²) in [6, 6.07) is 14.7. The third-order valence-corrected chi connectivity index (χ3v) is 6.04. The molecule has 8 heteroatoms. The van der Waals surface area contributed by atoms with E-state index in [-0.39, 0.29) is 0 Å². The van der Waals surface area contributed by atoms with Crippen molar-refractivity contribution in [3.8, 4) is 0 Å². The van der Waals surface area contributed by atoms with Crippen molar-refractivity contribution in [2.75, 3.05) is 31.6 Å². The Hall–Kier alpha value is -2.80. The summed E-state index contributed by atoms with van der Waals surface area (Å²) in [5.41, 5.74) is 7.80. The molecule has 1 aliphatic heterocycles. The van der Waals surface area contributed by atoms with Gasteiger partial charge in [-0.3, -0.25) is 0 Å². The fourth-order valence-electron chi connectivity index (χ4n) is 3.82. The number of halogens is 2. The van der Waals surface area contributed by atoms with Crippen LogP contribution < -0.4 is 10.7 Å². The van der Waals surface area contributed by atoms with Gasteiger partial charge in [0.25, 0.3) is 0 Å². The molecule has 0 aromatic heterocycles. The molecule has 0 atom stereocenters. The van der Waals surface area contributed by atoms with Crippen LogP contribution in [0.4, 0.5) is 10.5 Å². The number of urea groups is 1. The van der Waals surface area contributed by atoms with Gasteiger partial charge >= 0.3 is 6.03 Å². The van der Waals surface area contributed by atoms with E-state index in [2.05, 4.69) is 39.0 Å². The fourth-order valence-corrected chi connectivity index (χ4v) is 4.12. The molecule has 2 aliphatic rings. The van der Waals surface area contributed by atoms with Crippen molar-refractivity contribution in [2.45, 2.75) is 12.8 Å². The van der Waals surface area contributed by atoms with Gasteiger partial charge in [-0.15, -0.1) is 0 Å². The lowest BCUT2D eigenvalue weighted by Crippen LogP contribution is -2.36. The van der Waals surface area contributed by atoms with Crippen LogP contribution in [-0.2, 0) is 4.74 Å². The van der Waals surface area contributed by atoms with Crippen LogP contribution in [0.3, 0.4) is 0 Å². The number of hydrazone groups is 1. The number of hydrogen-bond donors (Lipinski definition) is 2. The molecule has 166 valence electrons. The number of amides is 2. The SMILES string of the molecule is O=C(N/N=C/C1=C(N2CCOCC2)C(=C\c2ccccc2)/CC1)Nc1ccc(Cl)c(Cl)c1. The van der Waals surface area contributed by atoms with Crippen molar-refractivity contribution >= 4 is 47.2 Å². The van der Waals surface area contributed by atoms with Crippen molar-refractivity contribution in [1.82, 2.24) is 10.3 Å². The van der Waals surface area contributed by atoms with Crippen molar-refractivity contribution in [3.63, 3.8) is 0 Å². The molecular weight excluding hydrogens is 447 g/mol. The van der Waals surface area contributed by atoms with Gasteiger partial charge in [-0.1, -0.05) is 53.5 Å². The highest BCUT2D eigenvalue weighted by Crippen LogP contribution is 2.35. The Morgan fingerprint density at radius 1 is 1.03 bits per heavy atom. The zero-order chi connectivity index (χ0) is 22.3. The molecule has 2 aromatic carbocycles. The van der Waals surface area contributed by atoms with E-state index in [4.69, 9.17) is 27.9 Å². The molecule has 1 saturated heterocycles. The first-order chi connectivity index (χ1) is 15.6. The summed E-state index contributed by atoms with van der Waals surface area (Å²) in [5.74, 6) is 0. The number of anilines is 1. The lowest BCUT2D eigenvalue weighted by atomic mass is 10.1. The molecular formula is C24H24Cl2N4O2. The van der Waals surface area contributed by atoms with Gasteiger partial charge in [0.2, 0.25) is 0 Å². The summed E-state index contributed by atoms with van der Waals surface area (Å²) < 4.78 is 5.53. The van der Waals surface area contributed by atoms with Crippen LogP contribution in [0.5, 0.6) is 0 Å². The molecule has 0 radical (unpaired) electrons. The van der Waals surface area contributed by atoms with Gasteiger partial charge in [0, 0.05) is 24.5 Å². The third-order valence-electron chi connectivity index (χ3n) is 5.30. The average molecular weight is 471 g/mol. The van der Waals surface area contributed by atoms with Crippen molar-refractivity contribution in [2.24, 2.45) is 5.10 Å². The van der Waals surface area contributed by atoms with Gasteiger partial charge in [0.05, 0.1) is 29.5 Å². The largest absolute Gasteiger partial charge is 0.378 e. The maximum absolute atomic E-state index is 12.2. The Balaban J connectivity index is 1.49. The minimum absolute atomic E-state index is 0.372. The van der Waals surface area contributed by atoms with Crippen molar-refractivity contribution in [1.29, 1.82) is 0 Å². The predicted octanol–water partition coefficient (Wildman–Crippen LogP) is 5.56. The number of carbonyl (C=O) groups is 1. The quantitative estimate of drug-likeness (QED) is 0.443. The molecule has 0 spiro atoms. The molecule has 0 saturated carbocycles. The zero-order valence-corrected chi connectivity index (χ0v) is 19.0. The number of hydrogen-bond acceptors (Lipinski definition) is 4. The van der Waals surface area contributed by atoms with Crippen LogP contribution in [0.2, 0.25) is 10.0 Å². The van der Waals surface area contributed by atoms with Crippen LogP contribution in [0.15, 0.2) is 70.5 Å². The zero-order valence-electron chi connectivity index (χ0n) is 17.5. The van der Waals surface area contributed by atoms with E-state index in [1.54, 1.807) is 24.4 Å². The highest BCUT2D eigenvalue weighted by Gasteiger charge is 2.25. The van der Waals surface area contributed by atoms with Gasteiger partial charge in [-0.05, 0) is 53.8 Å². The number of nitrogens with one attached hydrogen (secondary N) is 2. The summed E-state index contributed by atoms with van der Waals surface area (Å²) in [4.78, 5) is 14.6. The van der Waals surface area contributed by atoms with Crippen LogP contribution in [0, 0.1) is 0 Å². The molecule has 2 N–H and O–H groups in total. The molecule has 0 unspecified atom stereocenters. The van der Waals surface area contributed by atoms with E-state index in [0.717, 1.165) is 31.5 Å². The third kappa shape index (κ3) is 5.71. The number of allylic oxidation sites excluding steroid dienone is 2. The number of carbonyl (C=O) groups excluding carboxylic acids is 1. The second-order valence-electron chi connectivity index (χ2n) is 7.51. The normalized spacial score (nSPS) is 17.9. The lowest BCUT2D eigenvalue weighted by Gasteiger charge is -2.31. The standard InChI is InChI=1S/C24H24Cl2N4O2/c25-21-9-8-20(15-22(21)26)28-24(31)29-27-16-19-7-6-18(14-17-4-2-1-3-5-17)23(19)30-10-12-32-13-11-30/h1-5,8-9,14-16H,6-7,10-13H2,(H2,28,29,31)/b18-14-,27-16+. The van der Waals surface area contributed by atoms with Crippen molar-refractivity contribution in [3.05, 3.63) is 81.0 Å². The minimum atomic E-state index is -0.453. The van der Waals surface area contributed by atoms with E-state index in [0.29, 0.717) is 28.9 Å². The molecule has 6 nitrogen and oxygen atoms in total. The fraction of sp³-hybridized carbons (Fsp3) is 0.250. The van der Waals surface area contributed by atoms with E-state index >= 15 is 0 Å². The van der Waals surface area contributed by atoms with E-state index in [9.17, 15) is 4.79 Å². The highest BCUT2D eigenvalue weighted by molar-refractivity contribution is 6.42. The topological polar surface area (TPSA) is 66.0 Å². The average Bonchev–Trinajstić information content (AvgIpc) is 3.20. The predicted molar refractivity (Wildman–Crippen MR) is 130 cm³/mol. The van der Waals surface area contributed by atoms with E-state index in [1.807, 2.05) is 18.2 Å².